The summed E-state index contributed by atoms with van der Waals surface area (Å²) < 4.78 is 0.183. The Morgan fingerprint density at radius 2 is 1.75 bits per heavy atom. The van der Waals surface area contributed by atoms with Gasteiger partial charge in [0.1, 0.15) is 19.2 Å². The monoisotopic (exact) mass is 290 g/mol. The molecule has 5 nitrogen and oxygen atoms in total. The van der Waals surface area contributed by atoms with E-state index in [1.54, 1.807) is 7.05 Å². The van der Waals surface area contributed by atoms with Crippen LogP contribution in [0.25, 0.3) is 0 Å². The molecule has 0 aromatic heterocycles. The van der Waals surface area contributed by atoms with Gasteiger partial charge in [-0.15, -0.1) is 0 Å². The van der Waals surface area contributed by atoms with Crippen molar-refractivity contribution in [3.63, 3.8) is 0 Å². The van der Waals surface area contributed by atoms with E-state index < -0.39 is 12.1 Å². The second-order valence-electron chi connectivity index (χ2n) is 6.01. The summed E-state index contributed by atoms with van der Waals surface area (Å²) in [5.41, 5.74) is 0. The fourth-order valence-electron chi connectivity index (χ4n) is 2.56. The van der Waals surface area contributed by atoms with Gasteiger partial charge in [-0.25, -0.2) is 4.79 Å². The van der Waals surface area contributed by atoms with Crippen LogP contribution in [0.4, 0.5) is 0 Å². The average molecular weight is 290 g/mol. The molecule has 0 fully saturated rings. The number of aliphatic carboxylic acids is 1. The molecule has 0 aromatic carbocycles. The van der Waals surface area contributed by atoms with E-state index in [1.165, 1.54) is 25.7 Å². The molecule has 0 rings (SSSR count). The number of carboxylic acid groups (broad SMARTS) is 1. The highest BCUT2D eigenvalue weighted by atomic mass is 16.4. The van der Waals surface area contributed by atoms with Crippen molar-refractivity contribution < 1.29 is 24.6 Å². The number of aliphatic hydroxyl groups is 2. The van der Waals surface area contributed by atoms with E-state index in [0.717, 1.165) is 12.8 Å². The minimum atomic E-state index is -0.896. The number of unbranched alkanes of at least 4 members (excludes halogenated alkanes) is 5. The molecule has 0 saturated carbocycles. The normalized spacial score (nSPS) is 15.8. The Bertz CT molecular complexity index is 260. The van der Waals surface area contributed by atoms with Crippen LogP contribution in [0.3, 0.4) is 0 Å². The molecule has 0 amide bonds. The lowest BCUT2D eigenvalue weighted by Gasteiger charge is -2.34. The fraction of sp³-hybridized carbons (Fsp3) is 0.933. The topological polar surface area (TPSA) is 77.8 Å². The van der Waals surface area contributed by atoms with Gasteiger partial charge < -0.3 is 19.8 Å². The molecule has 20 heavy (non-hydrogen) atoms. The van der Waals surface area contributed by atoms with Crippen molar-refractivity contribution in [2.75, 3.05) is 33.3 Å². The molecule has 2 unspecified atom stereocenters. The molecule has 0 aliphatic heterocycles. The Hall–Kier alpha value is -0.650. The van der Waals surface area contributed by atoms with Crippen molar-refractivity contribution in [1.29, 1.82) is 0 Å². The third-order valence-corrected chi connectivity index (χ3v) is 3.70. The van der Waals surface area contributed by atoms with E-state index in [9.17, 15) is 9.90 Å². The first kappa shape index (κ1) is 19.4. The molecule has 0 aliphatic carbocycles. The van der Waals surface area contributed by atoms with Gasteiger partial charge in [-0.2, -0.15) is 0 Å². The number of quaternary nitrogens is 1. The average Bonchev–Trinajstić information content (AvgIpc) is 2.32. The maximum Gasteiger partial charge on any atom is 0.359 e. The van der Waals surface area contributed by atoms with Crippen molar-refractivity contribution in [3.05, 3.63) is 0 Å². The summed E-state index contributed by atoms with van der Waals surface area (Å²) in [4.78, 5) is 10.9. The molecular weight excluding hydrogens is 258 g/mol. The number of hydrogen-bond donors (Lipinski definition) is 3. The lowest BCUT2D eigenvalue weighted by molar-refractivity contribution is -0.905. The summed E-state index contributed by atoms with van der Waals surface area (Å²) in [6, 6.07) is 0. The van der Waals surface area contributed by atoms with Crippen LogP contribution < -0.4 is 0 Å². The highest BCUT2D eigenvalue weighted by Gasteiger charge is 2.27. The summed E-state index contributed by atoms with van der Waals surface area (Å²) in [6.45, 7) is 2.81. The van der Waals surface area contributed by atoms with E-state index in [0.29, 0.717) is 19.5 Å². The van der Waals surface area contributed by atoms with Crippen molar-refractivity contribution in [3.8, 4) is 0 Å². The summed E-state index contributed by atoms with van der Waals surface area (Å²) in [6.07, 6.45) is 7.29. The van der Waals surface area contributed by atoms with Gasteiger partial charge in [-0.1, -0.05) is 45.4 Å². The van der Waals surface area contributed by atoms with Crippen LogP contribution in [0, 0.1) is 0 Å². The maximum atomic E-state index is 10.9. The van der Waals surface area contributed by atoms with Gasteiger partial charge in [0, 0.05) is 0 Å². The molecule has 0 aliphatic rings. The number of rotatable bonds is 13. The van der Waals surface area contributed by atoms with E-state index in [1.807, 2.05) is 0 Å². The van der Waals surface area contributed by atoms with Gasteiger partial charge in [0.2, 0.25) is 0 Å². The smallest absolute Gasteiger partial charge is 0.359 e. The molecule has 3 N–H and O–H groups in total. The third-order valence-electron chi connectivity index (χ3n) is 3.70. The SMILES string of the molecule is CCCCCCCCC(O)C[N+](C)(CCO)CC(=O)O. The van der Waals surface area contributed by atoms with E-state index >= 15 is 0 Å². The summed E-state index contributed by atoms with van der Waals surface area (Å²) in [5, 5.41) is 28.0. The lowest BCUT2D eigenvalue weighted by atomic mass is 10.1. The minimum Gasteiger partial charge on any atom is -0.477 e. The molecule has 0 bridgehead atoms. The van der Waals surface area contributed by atoms with Crippen molar-refractivity contribution in [1.82, 2.24) is 0 Å². The number of carboxylic acids is 1. The molecule has 2 atom stereocenters. The zero-order valence-electron chi connectivity index (χ0n) is 13.1. The number of hydrogen-bond acceptors (Lipinski definition) is 3. The Kier molecular flexibility index (Phi) is 10.7. The lowest BCUT2D eigenvalue weighted by Crippen LogP contribution is -2.53. The van der Waals surface area contributed by atoms with Crippen LogP contribution in [0.2, 0.25) is 0 Å². The zero-order chi connectivity index (χ0) is 15.4. The largest absolute Gasteiger partial charge is 0.477 e. The van der Waals surface area contributed by atoms with Crippen molar-refractivity contribution in [2.45, 2.75) is 58.0 Å². The van der Waals surface area contributed by atoms with Crippen molar-refractivity contribution >= 4 is 5.97 Å². The van der Waals surface area contributed by atoms with E-state index in [4.69, 9.17) is 10.2 Å². The molecule has 5 heteroatoms. The molecule has 0 saturated heterocycles. The maximum absolute atomic E-state index is 10.9. The Morgan fingerprint density at radius 1 is 1.15 bits per heavy atom. The Labute approximate surface area is 122 Å². The molecule has 0 aromatic rings. The molecule has 0 heterocycles. The number of aliphatic hydroxyl groups excluding tert-OH is 2. The van der Waals surface area contributed by atoms with E-state index in [2.05, 4.69) is 6.92 Å². The second kappa shape index (κ2) is 11.1. The van der Waals surface area contributed by atoms with Crippen LogP contribution in [-0.2, 0) is 4.79 Å². The van der Waals surface area contributed by atoms with Gasteiger partial charge in [0.25, 0.3) is 0 Å². The van der Waals surface area contributed by atoms with Crippen LogP contribution in [0.5, 0.6) is 0 Å². The quantitative estimate of drug-likeness (QED) is 0.356. The first-order valence-corrected chi connectivity index (χ1v) is 7.78. The Balaban J connectivity index is 3.94. The Morgan fingerprint density at radius 3 is 2.30 bits per heavy atom. The predicted molar refractivity (Wildman–Crippen MR) is 79.5 cm³/mol. The second-order valence-corrected chi connectivity index (χ2v) is 6.01. The van der Waals surface area contributed by atoms with Crippen LogP contribution in [-0.4, -0.2) is 65.2 Å². The molecule has 0 spiro atoms. The van der Waals surface area contributed by atoms with Gasteiger partial charge in [-0.05, 0) is 6.42 Å². The third kappa shape index (κ3) is 10.2. The molecule has 0 radical (unpaired) electrons. The number of likely N-dealkylation sites (N-methyl/N-ethyl adjacent to an activating group) is 1. The van der Waals surface area contributed by atoms with Gasteiger partial charge >= 0.3 is 5.97 Å². The first-order valence-electron chi connectivity index (χ1n) is 7.78. The van der Waals surface area contributed by atoms with Crippen molar-refractivity contribution in [2.24, 2.45) is 0 Å². The summed E-state index contributed by atoms with van der Waals surface area (Å²) in [7, 11) is 1.77. The number of nitrogens with zero attached hydrogens (tertiary/aromatic N) is 1. The summed E-state index contributed by atoms with van der Waals surface area (Å²) >= 11 is 0. The van der Waals surface area contributed by atoms with Crippen LogP contribution in [0.15, 0.2) is 0 Å². The zero-order valence-corrected chi connectivity index (χ0v) is 13.1. The first-order chi connectivity index (χ1) is 9.43. The van der Waals surface area contributed by atoms with Gasteiger partial charge in [-0.3, -0.25) is 0 Å². The van der Waals surface area contributed by atoms with Crippen LogP contribution in [0.1, 0.15) is 51.9 Å². The summed E-state index contributed by atoms with van der Waals surface area (Å²) in [5.74, 6) is -0.896. The van der Waals surface area contributed by atoms with E-state index in [-0.39, 0.29) is 17.6 Å². The van der Waals surface area contributed by atoms with Gasteiger partial charge in [0.05, 0.1) is 13.7 Å². The number of carbonyl (C=O) groups is 1. The van der Waals surface area contributed by atoms with Crippen LogP contribution >= 0.6 is 0 Å². The minimum absolute atomic E-state index is 0.0614. The highest BCUT2D eigenvalue weighted by Crippen LogP contribution is 2.12. The fourth-order valence-corrected chi connectivity index (χ4v) is 2.56. The predicted octanol–water partition coefficient (Wildman–Crippen LogP) is 1.62. The standard InChI is InChI=1S/C15H31NO4/c1-3-4-5-6-7-8-9-14(18)12-16(2,10-11-17)13-15(19)20/h14,17-18H,3-13H2,1-2H3/p+1. The molecule has 120 valence electrons. The highest BCUT2D eigenvalue weighted by molar-refractivity contribution is 5.67. The molecular formula is C15H32NO4+. The van der Waals surface area contributed by atoms with Gasteiger partial charge in [0.15, 0.2) is 6.54 Å².